The first kappa shape index (κ1) is 17.5. The molecule has 0 N–H and O–H groups in total. The number of rotatable bonds is 5. The Kier molecular flexibility index (Phi) is 5.61. The lowest BCUT2D eigenvalue weighted by atomic mass is 10.1. The van der Waals surface area contributed by atoms with E-state index < -0.39 is 0 Å². The summed E-state index contributed by atoms with van der Waals surface area (Å²) in [7, 11) is 6.55. The van der Waals surface area contributed by atoms with Crippen molar-refractivity contribution in [1.29, 1.82) is 0 Å². The molecule has 1 fully saturated rings. The molecule has 0 spiro atoms. The molecule has 3 nitrogen and oxygen atoms in total. The molecule has 0 radical (unpaired) electrons. The molecule has 1 aliphatic rings. The molecular weight excluding hydrogens is 318 g/mol. The first-order valence-corrected chi connectivity index (χ1v) is 9.18. The van der Waals surface area contributed by atoms with Crippen molar-refractivity contribution in [2.24, 2.45) is 0 Å². The molecule has 0 amide bonds. The lowest BCUT2D eigenvalue weighted by Crippen LogP contribution is -2.46. The second kappa shape index (κ2) is 7.70. The predicted molar refractivity (Wildman–Crippen MR) is 98.3 cm³/mol. The van der Waals surface area contributed by atoms with Gasteiger partial charge in [0.1, 0.15) is 18.8 Å². The molecule has 0 unspecified atom stereocenters. The summed E-state index contributed by atoms with van der Waals surface area (Å²) in [5, 5.41) is 0. The van der Waals surface area contributed by atoms with Crippen LogP contribution in [0.15, 0.2) is 64.4 Å². The van der Waals surface area contributed by atoms with E-state index in [9.17, 15) is 0 Å². The smallest absolute Gasteiger partial charge is 0.130 e. The third-order valence-corrected chi connectivity index (χ3v) is 4.93. The summed E-state index contributed by atoms with van der Waals surface area (Å²) >= 11 is 1.78. The van der Waals surface area contributed by atoms with Crippen molar-refractivity contribution in [2.45, 2.75) is 22.0 Å². The van der Waals surface area contributed by atoms with Crippen molar-refractivity contribution in [3.8, 4) is 0 Å². The topological polar surface area (TPSA) is 18.5 Å². The second-order valence-corrected chi connectivity index (χ2v) is 8.39. The maximum absolute atomic E-state index is 6.26. The van der Waals surface area contributed by atoms with Gasteiger partial charge in [0.05, 0.1) is 34.4 Å². The highest BCUT2D eigenvalue weighted by molar-refractivity contribution is 7.99. The molecule has 1 saturated heterocycles. The van der Waals surface area contributed by atoms with E-state index in [2.05, 4.69) is 69.7 Å². The van der Waals surface area contributed by atoms with E-state index in [-0.39, 0.29) is 12.2 Å². The molecule has 2 aromatic rings. The predicted octanol–water partition coefficient (Wildman–Crippen LogP) is 4.00. The Hall–Kier alpha value is -1.33. The van der Waals surface area contributed by atoms with Crippen LogP contribution in [-0.2, 0) is 9.47 Å². The van der Waals surface area contributed by atoms with Crippen LogP contribution in [0.2, 0.25) is 0 Å². The Balaban J connectivity index is 1.62. The average Bonchev–Trinajstić information content (AvgIpc) is 2.55. The van der Waals surface area contributed by atoms with Gasteiger partial charge in [-0.15, -0.1) is 0 Å². The van der Waals surface area contributed by atoms with Gasteiger partial charge in [-0.05, 0) is 29.8 Å². The van der Waals surface area contributed by atoms with Gasteiger partial charge < -0.3 is 14.0 Å². The number of likely N-dealkylation sites (N-methyl/N-ethyl adjacent to an activating group) is 1. The molecule has 1 aliphatic heterocycles. The van der Waals surface area contributed by atoms with E-state index in [1.165, 1.54) is 15.4 Å². The summed E-state index contributed by atoms with van der Waals surface area (Å²) in [6, 6.07) is 19.1. The lowest BCUT2D eigenvalue weighted by molar-refractivity contribution is -0.874. The van der Waals surface area contributed by atoms with Crippen LogP contribution < -0.4 is 0 Å². The van der Waals surface area contributed by atoms with Gasteiger partial charge in [-0.2, -0.15) is 0 Å². The number of quaternary nitrogens is 1. The fraction of sp³-hybridized carbons (Fsp3) is 0.400. The Bertz CT molecular complexity index is 637. The van der Waals surface area contributed by atoms with Crippen molar-refractivity contribution in [3.63, 3.8) is 0 Å². The number of nitrogens with zero attached hydrogens (tertiary/aromatic N) is 1. The van der Waals surface area contributed by atoms with Crippen LogP contribution in [-0.4, -0.2) is 51.5 Å². The third kappa shape index (κ3) is 5.08. The van der Waals surface area contributed by atoms with Crippen LogP contribution in [0.3, 0.4) is 0 Å². The fourth-order valence-corrected chi connectivity index (χ4v) is 3.71. The molecule has 0 aromatic heterocycles. The molecule has 128 valence electrons. The Morgan fingerprint density at radius 2 is 1.58 bits per heavy atom. The van der Waals surface area contributed by atoms with Crippen LogP contribution in [0.1, 0.15) is 11.7 Å². The van der Waals surface area contributed by atoms with Crippen LogP contribution in [0.5, 0.6) is 0 Å². The summed E-state index contributed by atoms with van der Waals surface area (Å²) in [4.78, 5) is 2.50. The van der Waals surface area contributed by atoms with Crippen molar-refractivity contribution in [2.75, 3.05) is 40.9 Å². The maximum atomic E-state index is 6.26. The summed E-state index contributed by atoms with van der Waals surface area (Å²) in [5.74, 6) is 0. The van der Waals surface area contributed by atoms with Crippen molar-refractivity contribution >= 4 is 11.8 Å². The van der Waals surface area contributed by atoms with Crippen LogP contribution >= 0.6 is 11.8 Å². The first-order chi connectivity index (χ1) is 11.5. The largest absolute Gasteiger partial charge is 0.375 e. The zero-order valence-corrected chi connectivity index (χ0v) is 15.5. The summed E-state index contributed by atoms with van der Waals surface area (Å²) < 4.78 is 12.9. The molecule has 0 aliphatic carbocycles. The Morgan fingerprint density at radius 3 is 2.25 bits per heavy atom. The van der Waals surface area contributed by atoms with Crippen molar-refractivity contribution in [3.05, 3.63) is 60.2 Å². The number of benzene rings is 2. The van der Waals surface area contributed by atoms with E-state index in [1.807, 2.05) is 6.07 Å². The van der Waals surface area contributed by atoms with E-state index in [0.29, 0.717) is 13.2 Å². The van der Waals surface area contributed by atoms with Crippen molar-refractivity contribution in [1.82, 2.24) is 0 Å². The minimum atomic E-state index is 0.0334. The molecule has 0 bridgehead atoms. The lowest BCUT2D eigenvalue weighted by Gasteiger charge is -2.34. The van der Waals surface area contributed by atoms with E-state index in [1.54, 1.807) is 11.8 Å². The monoisotopic (exact) mass is 344 g/mol. The molecule has 2 aromatic carbocycles. The van der Waals surface area contributed by atoms with Gasteiger partial charge >= 0.3 is 0 Å². The van der Waals surface area contributed by atoms with Crippen molar-refractivity contribution < 1.29 is 14.0 Å². The minimum Gasteiger partial charge on any atom is -0.375 e. The molecule has 4 heteroatoms. The van der Waals surface area contributed by atoms with Gasteiger partial charge in [-0.1, -0.05) is 42.1 Å². The zero-order chi connectivity index (χ0) is 17.0. The van der Waals surface area contributed by atoms with Crippen LogP contribution in [0.25, 0.3) is 0 Å². The number of ether oxygens (including phenoxy) is 2. The van der Waals surface area contributed by atoms with E-state index in [4.69, 9.17) is 9.47 Å². The highest BCUT2D eigenvalue weighted by Crippen LogP contribution is 2.30. The summed E-state index contributed by atoms with van der Waals surface area (Å²) in [5.41, 5.74) is 1.19. The highest BCUT2D eigenvalue weighted by atomic mass is 32.2. The van der Waals surface area contributed by atoms with Crippen LogP contribution in [0.4, 0.5) is 0 Å². The highest BCUT2D eigenvalue weighted by Gasteiger charge is 2.28. The average molecular weight is 345 g/mol. The molecule has 2 atom stereocenters. The third-order valence-electron chi connectivity index (χ3n) is 3.91. The first-order valence-electron chi connectivity index (χ1n) is 8.36. The van der Waals surface area contributed by atoms with Gasteiger partial charge in [-0.25, -0.2) is 0 Å². The zero-order valence-electron chi connectivity index (χ0n) is 14.6. The van der Waals surface area contributed by atoms with Gasteiger partial charge in [0.15, 0.2) is 0 Å². The van der Waals surface area contributed by atoms with Crippen LogP contribution in [0, 0.1) is 0 Å². The molecule has 1 heterocycles. The number of hydrogen-bond donors (Lipinski definition) is 0. The molecular formula is C20H26NO2S+. The quantitative estimate of drug-likeness (QED) is 0.764. The molecule has 0 saturated carbocycles. The van der Waals surface area contributed by atoms with E-state index in [0.717, 1.165) is 11.0 Å². The Morgan fingerprint density at radius 1 is 0.917 bits per heavy atom. The van der Waals surface area contributed by atoms with Gasteiger partial charge in [0.2, 0.25) is 0 Å². The van der Waals surface area contributed by atoms with Gasteiger partial charge in [-0.3, -0.25) is 0 Å². The maximum Gasteiger partial charge on any atom is 0.130 e. The minimum absolute atomic E-state index is 0.0334. The van der Waals surface area contributed by atoms with Gasteiger partial charge in [0, 0.05) is 9.79 Å². The Labute approximate surface area is 149 Å². The standard InChI is InChI=1S/C20H26NO2S/c1-21(2,3)13-17-14-22-15-20(23-17)16-9-11-19(12-10-16)24-18-7-5-4-6-8-18/h4-12,17,20H,13-15H2,1-3H3/q+1/t17-,20-/m1/s1. The molecule has 24 heavy (non-hydrogen) atoms. The second-order valence-electron chi connectivity index (χ2n) is 7.24. The molecule has 3 rings (SSSR count). The van der Waals surface area contributed by atoms with Gasteiger partial charge in [0.25, 0.3) is 0 Å². The normalized spacial score (nSPS) is 21.6. The summed E-state index contributed by atoms with van der Waals surface area (Å²) in [6.07, 6.45) is 0.188. The fourth-order valence-electron chi connectivity index (χ4n) is 2.87. The van der Waals surface area contributed by atoms with E-state index >= 15 is 0 Å². The SMILES string of the molecule is C[N+](C)(C)C[C@@H]1COC[C@H](c2ccc(Sc3ccccc3)cc2)O1. The number of hydrogen-bond acceptors (Lipinski definition) is 3. The summed E-state index contributed by atoms with van der Waals surface area (Å²) in [6.45, 7) is 2.28.